The van der Waals surface area contributed by atoms with Crippen molar-refractivity contribution in [3.8, 4) is 5.75 Å². The molecule has 1 aliphatic carbocycles. The number of rotatable bonds is 4. The topological polar surface area (TPSA) is 51.2 Å². The van der Waals surface area contributed by atoms with Crippen molar-refractivity contribution < 1.29 is 22.7 Å². The van der Waals surface area contributed by atoms with E-state index in [0.717, 1.165) is 25.0 Å². The Labute approximate surface area is 143 Å². The van der Waals surface area contributed by atoms with Gasteiger partial charge in [-0.05, 0) is 25.0 Å². The van der Waals surface area contributed by atoms with Gasteiger partial charge >= 0.3 is 6.61 Å². The largest absolute Gasteiger partial charge is 0.432 e. The quantitative estimate of drug-likeness (QED) is 0.588. The summed E-state index contributed by atoms with van der Waals surface area (Å²) in [6.07, 6.45) is 3.19. The van der Waals surface area contributed by atoms with Crippen LogP contribution in [0.15, 0.2) is 24.4 Å². The number of fused-ring (bicyclic) bond motifs is 1. The lowest BCUT2D eigenvalue weighted by Crippen LogP contribution is -2.44. The van der Waals surface area contributed by atoms with Crippen molar-refractivity contribution in [1.29, 1.82) is 0 Å². The molecule has 1 fully saturated rings. The molecule has 4 nitrogen and oxygen atoms in total. The zero-order valence-corrected chi connectivity index (χ0v) is 13.9. The van der Waals surface area contributed by atoms with Gasteiger partial charge in [0, 0.05) is 27.6 Å². The van der Waals surface area contributed by atoms with Crippen LogP contribution >= 0.6 is 22.6 Å². The predicted octanol–water partition coefficient (Wildman–Crippen LogP) is 3.67. The third-order valence-corrected chi connectivity index (χ3v) is 4.65. The first kappa shape index (κ1) is 16.3. The lowest BCUT2D eigenvalue weighted by molar-refractivity contribution is -0.0520. The van der Waals surface area contributed by atoms with Crippen molar-refractivity contribution in [1.82, 2.24) is 10.3 Å². The molecule has 1 aliphatic rings. The van der Waals surface area contributed by atoms with Crippen LogP contribution in [0.25, 0.3) is 10.9 Å². The Morgan fingerprint density at radius 3 is 2.74 bits per heavy atom. The molecule has 1 heterocycles. The summed E-state index contributed by atoms with van der Waals surface area (Å²) >= 11 is 2.33. The van der Waals surface area contributed by atoms with Crippen LogP contribution in [-0.2, 0) is 0 Å². The van der Waals surface area contributed by atoms with E-state index < -0.39 is 18.2 Å². The zero-order valence-electron chi connectivity index (χ0n) is 11.7. The highest BCUT2D eigenvalue weighted by molar-refractivity contribution is 14.1. The Kier molecular flexibility index (Phi) is 4.60. The van der Waals surface area contributed by atoms with Gasteiger partial charge in [0.05, 0.1) is 11.1 Å². The zero-order chi connectivity index (χ0) is 16.6. The minimum atomic E-state index is -3.11. The second-order valence-electron chi connectivity index (χ2n) is 5.32. The molecule has 0 aliphatic heterocycles. The molecule has 23 heavy (non-hydrogen) atoms. The third kappa shape index (κ3) is 3.67. The average Bonchev–Trinajstić information content (AvgIpc) is 2.45. The van der Waals surface area contributed by atoms with E-state index in [0.29, 0.717) is 14.9 Å². The summed E-state index contributed by atoms with van der Waals surface area (Å²) in [5.74, 6) is -1.77. The first-order valence-electron chi connectivity index (χ1n) is 6.91. The molecule has 3 rings (SSSR count). The molecule has 0 atom stereocenters. The number of nitrogens with zero attached hydrogens (tertiary/aromatic N) is 1. The van der Waals surface area contributed by atoms with Gasteiger partial charge in [-0.2, -0.15) is 8.78 Å². The molecule has 0 bridgehead atoms. The molecule has 8 heteroatoms. The van der Waals surface area contributed by atoms with Gasteiger partial charge in [0.15, 0.2) is 11.6 Å². The average molecular weight is 436 g/mol. The van der Waals surface area contributed by atoms with E-state index in [4.69, 9.17) is 0 Å². The van der Waals surface area contributed by atoms with Gasteiger partial charge in [0.1, 0.15) is 0 Å². The van der Waals surface area contributed by atoms with E-state index >= 15 is 0 Å². The molecular weight excluding hydrogens is 424 g/mol. The number of amides is 1. The van der Waals surface area contributed by atoms with Gasteiger partial charge in [0.2, 0.25) is 0 Å². The molecule has 1 N–H and O–H groups in total. The lowest BCUT2D eigenvalue weighted by Gasteiger charge is -2.31. The molecule has 0 spiro atoms. The Morgan fingerprint density at radius 2 is 2.09 bits per heavy atom. The van der Waals surface area contributed by atoms with Crippen molar-refractivity contribution in [2.75, 3.05) is 0 Å². The number of hydrogen-bond acceptors (Lipinski definition) is 3. The molecule has 0 radical (unpaired) electrons. The maximum atomic E-state index is 13.7. The molecule has 0 unspecified atom stereocenters. The maximum absolute atomic E-state index is 13.7. The van der Waals surface area contributed by atoms with Crippen LogP contribution in [0.1, 0.15) is 23.2 Å². The van der Waals surface area contributed by atoms with Crippen molar-refractivity contribution in [2.24, 2.45) is 0 Å². The van der Waals surface area contributed by atoms with E-state index in [-0.39, 0.29) is 17.5 Å². The van der Waals surface area contributed by atoms with Gasteiger partial charge < -0.3 is 10.1 Å². The number of alkyl halides is 3. The molecular formula is C15H12F3IN2O2. The van der Waals surface area contributed by atoms with Crippen LogP contribution in [0.5, 0.6) is 5.75 Å². The Balaban J connectivity index is 1.82. The summed E-state index contributed by atoms with van der Waals surface area (Å²) in [5.41, 5.74) is 0.575. The van der Waals surface area contributed by atoms with E-state index in [1.807, 2.05) is 0 Å². The summed E-state index contributed by atoms with van der Waals surface area (Å²) in [6, 6.07) is 3.75. The van der Waals surface area contributed by atoms with E-state index in [1.165, 1.54) is 12.3 Å². The summed E-state index contributed by atoms with van der Waals surface area (Å²) < 4.78 is 42.8. The number of halogens is 4. The number of aromatic nitrogens is 1. The number of carbonyl (C=O) groups is 1. The standard InChI is InChI=1S/C15H12F3IN2O2/c16-11-2-7-1-8(14(22)21-10-3-9(19)4-10)6-20-12(7)5-13(11)23-15(17)18/h1-2,5-6,9-10,15H,3-4H2,(H,21,22)/t9-,10-. The van der Waals surface area contributed by atoms with Crippen LogP contribution in [0.2, 0.25) is 0 Å². The van der Waals surface area contributed by atoms with Crippen molar-refractivity contribution >= 4 is 39.4 Å². The van der Waals surface area contributed by atoms with Crippen LogP contribution in [0, 0.1) is 5.82 Å². The van der Waals surface area contributed by atoms with Crippen LogP contribution in [0.4, 0.5) is 13.2 Å². The fourth-order valence-electron chi connectivity index (χ4n) is 2.37. The number of nitrogens with one attached hydrogen (secondary N) is 1. The van der Waals surface area contributed by atoms with E-state index in [9.17, 15) is 18.0 Å². The van der Waals surface area contributed by atoms with Gasteiger partial charge in [-0.1, -0.05) is 22.6 Å². The summed E-state index contributed by atoms with van der Waals surface area (Å²) in [5, 5.41) is 3.22. The van der Waals surface area contributed by atoms with Gasteiger partial charge in [-0.3, -0.25) is 9.78 Å². The first-order valence-corrected chi connectivity index (χ1v) is 8.16. The highest BCUT2D eigenvalue weighted by Crippen LogP contribution is 2.28. The molecule has 1 aromatic heterocycles. The third-order valence-electron chi connectivity index (χ3n) is 3.63. The molecule has 2 aromatic rings. The summed E-state index contributed by atoms with van der Waals surface area (Å²) in [4.78, 5) is 16.1. The molecule has 0 saturated heterocycles. The molecule has 122 valence electrons. The maximum Gasteiger partial charge on any atom is 0.387 e. The Morgan fingerprint density at radius 1 is 1.35 bits per heavy atom. The number of carbonyl (C=O) groups excluding carboxylic acids is 1. The van der Waals surface area contributed by atoms with Gasteiger partial charge in [0.25, 0.3) is 5.91 Å². The normalized spacial score (nSPS) is 20.4. The number of hydrogen-bond donors (Lipinski definition) is 1. The highest BCUT2D eigenvalue weighted by atomic mass is 127. The Bertz CT molecular complexity index is 751. The SMILES string of the molecule is O=C(N[C@H]1C[C@H](I)C1)c1cnc2cc(OC(F)F)c(F)cc2c1. The monoisotopic (exact) mass is 436 g/mol. The fourth-order valence-corrected chi connectivity index (χ4v) is 3.60. The molecule has 1 saturated carbocycles. The number of ether oxygens (including phenoxy) is 1. The molecule has 1 aromatic carbocycles. The van der Waals surface area contributed by atoms with Crippen LogP contribution in [0.3, 0.4) is 0 Å². The van der Waals surface area contributed by atoms with E-state index in [1.54, 1.807) is 0 Å². The minimum Gasteiger partial charge on any atom is -0.432 e. The van der Waals surface area contributed by atoms with Crippen LogP contribution < -0.4 is 10.1 Å². The minimum absolute atomic E-state index is 0.152. The van der Waals surface area contributed by atoms with E-state index in [2.05, 4.69) is 37.6 Å². The predicted molar refractivity (Wildman–Crippen MR) is 86.6 cm³/mol. The van der Waals surface area contributed by atoms with Crippen LogP contribution in [-0.4, -0.2) is 27.5 Å². The number of pyridine rings is 1. The number of benzene rings is 1. The second-order valence-corrected chi connectivity index (χ2v) is 7.08. The fraction of sp³-hybridized carbons (Fsp3) is 0.333. The van der Waals surface area contributed by atoms with Gasteiger partial charge in [-0.25, -0.2) is 4.39 Å². The smallest absolute Gasteiger partial charge is 0.387 e. The molecule has 1 amide bonds. The first-order chi connectivity index (χ1) is 10.9. The van der Waals surface area contributed by atoms with Gasteiger partial charge in [-0.15, -0.1) is 0 Å². The van der Waals surface area contributed by atoms with Crippen molar-refractivity contribution in [3.05, 3.63) is 35.8 Å². The second kappa shape index (κ2) is 6.50. The summed E-state index contributed by atoms with van der Waals surface area (Å²) in [7, 11) is 0. The van der Waals surface area contributed by atoms with Crippen molar-refractivity contribution in [2.45, 2.75) is 29.4 Å². The summed E-state index contributed by atoms with van der Waals surface area (Å²) in [6.45, 7) is -3.11. The van der Waals surface area contributed by atoms with Crippen molar-refractivity contribution in [3.63, 3.8) is 0 Å². The highest BCUT2D eigenvalue weighted by Gasteiger charge is 2.28. The lowest BCUT2D eigenvalue weighted by atomic mass is 9.93. The Hall–Kier alpha value is -1.58.